The number of alkyl halides is 3. The molecule has 0 fully saturated rings. The van der Waals surface area contributed by atoms with E-state index in [-0.39, 0.29) is 34.3 Å². The highest BCUT2D eigenvalue weighted by molar-refractivity contribution is 14.1. The summed E-state index contributed by atoms with van der Waals surface area (Å²) in [7, 11) is 2.68. The second-order valence-corrected chi connectivity index (χ2v) is 12.5. The number of thiophene rings is 1. The van der Waals surface area contributed by atoms with Crippen LogP contribution in [0.4, 0.5) is 22.0 Å². The molecule has 3 aromatic carbocycles. The van der Waals surface area contributed by atoms with Crippen molar-refractivity contribution in [2.24, 2.45) is 0 Å². The van der Waals surface area contributed by atoms with Crippen molar-refractivity contribution < 1.29 is 50.6 Å². The molecule has 4 rings (SSSR count). The lowest BCUT2D eigenvalue weighted by molar-refractivity contribution is -0.138. The van der Waals surface area contributed by atoms with Crippen LogP contribution in [0.15, 0.2) is 54.6 Å². The quantitative estimate of drug-likeness (QED) is 0.0551. The van der Waals surface area contributed by atoms with Crippen LogP contribution in [0.5, 0.6) is 0 Å². The molecule has 0 amide bonds. The number of carbonyl (C=O) groups excluding carboxylic acids is 4. The van der Waals surface area contributed by atoms with Gasteiger partial charge in [0.1, 0.15) is 11.6 Å². The van der Waals surface area contributed by atoms with E-state index in [0.717, 1.165) is 26.6 Å². The molecule has 0 spiro atoms. The summed E-state index contributed by atoms with van der Waals surface area (Å²) in [5, 5.41) is 2.22. The van der Waals surface area contributed by atoms with Crippen LogP contribution in [-0.4, -0.2) is 49.7 Å². The molecule has 48 heavy (non-hydrogen) atoms. The Kier molecular flexibility index (Phi) is 21.1. The monoisotopic (exact) mass is 886 g/mol. The van der Waals surface area contributed by atoms with Crippen LogP contribution in [0.3, 0.4) is 0 Å². The number of hydrogen-bond donors (Lipinski definition) is 1. The molecule has 0 saturated heterocycles. The minimum Gasteiger partial charge on any atom is -0.469 e. The Balaban J connectivity index is 0.000000609. The smallest absolute Gasteiger partial charge is 0.454 e. The van der Waals surface area contributed by atoms with E-state index in [1.54, 1.807) is 19.1 Å². The predicted octanol–water partition coefficient (Wildman–Crippen LogP) is 10.6. The highest BCUT2D eigenvalue weighted by Crippen LogP contribution is 2.32. The summed E-state index contributed by atoms with van der Waals surface area (Å²) in [5.41, 5.74) is 0.0380. The van der Waals surface area contributed by atoms with E-state index in [4.69, 9.17) is 34.8 Å². The number of methoxy groups -OCH3 is 2. The number of hydrogen-bond acceptors (Lipinski definition) is 8. The fourth-order valence-electron chi connectivity index (χ4n) is 2.90. The Hall–Kier alpha value is -2.50. The number of aryl methyl sites for hydroxylation is 1. The molecule has 0 aliphatic rings. The average Bonchev–Trinajstić information content (AvgIpc) is 3.34. The van der Waals surface area contributed by atoms with Gasteiger partial charge in [-0.2, -0.15) is 25.8 Å². The number of thiol groups is 1. The number of benzene rings is 3. The van der Waals surface area contributed by atoms with Gasteiger partial charge in [-0.3, -0.25) is 19.2 Å². The maximum Gasteiger partial charge on any atom is 0.454 e. The van der Waals surface area contributed by atoms with Crippen molar-refractivity contribution in [2.75, 3.05) is 20.0 Å². The molecule has 262 valence electrons. The van der Waals surface area contributed by atoms with Crippen LogP contribution in [0.2, 0.25) is 15.1 Å². The van der Waals surface area contributed by atoms with Gasteiger partial charge in [0.25, 0.3) is 5.78 Å². The van der Waals surface area contributed by atoms with Gasteiger partial charge in [0.2, 0.25) is 0 Å². The van der Waals surface area contributed by atoms with Crippen LogP contribution in [0.25, 0.3) is 10.1 Å². The maximum absolute atomic E-state index is 12.8. The summed E-state index contributed by atoms with van der Waals surface area (Å²) in [5.74, 6) is -4.01. The van der Waals surface area contributed by atoms with Crippen molar-refractivity contribution in [3.63, 3.8) is 0 Å². The normalized spacial score (nSPS) is 9.98. The molecule has 6 nitrogen and oxygen atoms in total. The molecule has 0 N–H and O–H groups in total. The Morgan fingerprint density at radius 3 is 1.69 bits per heavy atom. The fourth-order valence-corrected chi connectivity index (χ4v) is 5.06. The summed E-state index contributed by atoms with van der Waals surface area (Å²) in [6, 6.07) is 12.7. The third-order valence-corrected chi connectivity index (χ3v) is 8.37. The van der Waals surface area contributed by atoms with Gasteiger partial charge < -0.3 is 9.47 Å². The Labute approximate surface area is 311 Å². The van der Waals surface area contributed by atoms with Gasteiger partial charge in [0.15, 0.2) is 5.78 Å². The zero-order valence-corrected chi connectivity index (χ0v) is 31.7. The second kappa shape index (κ2) is 22.3. The van der Waals surface area contributed by atoms with Crippen molar-refractivity contribution in [1.82, 2.24) is 0 Å². The van der Waals surface area contributed by atoms with E-state index >= 15 is 0 Å². The van der Waals surface area contributed by atoms with E-state index in [0.29, 0.717) is 25.7 Å². The number of rotatable bonds is 3. The minimum atomic E-state index is -5.07. The van der Waals surface area contributed by atoms with Crippen molar-refractivity contribution in [1.29, 1.82) is 0 Å². The summed E-state index contributed by atoms with van der Waals surface area (Å²) in [4.78, 5) is 42.2. The summed E-state index contributed by atoms with van der Waals surface area (Å²) >= 11 is 23.7. The number of halogens is 9. The van der Waals surface area contributed by atoms with Crippen molar-refractivity contribution >= 4 is 115 Å². The lowest BCUT2D eigenvalue weighted by Gasteiger charge is -2.05. The van der Waals surface area contributed by atoms with Crippen LogP contribution < -0.4 is 0 Å². The molecule has 0 aliphatic carbocycles. The molecular formula is C31H27Cl3F5IO6S2. The summed E-state index contributed by atoms with van der Waals surface area (Å²) in [6.07, 6.45) is -5.07. The van der Waals surface area contributed by atoms with Crippen LogP contribution in [0.1, 0.15) is 39.4 Å². The number of fused-ring (bicyclic) bond motifs is 1. The van der Waals surface area contributed by atoms with Gasteiger partial charge in [0.05, 0.1) is 30.4 Å². The molecule has 0 atom stereocenters. The Bertz CT molecular complexity index is 1710. The van der Waals surface area contributed by atoms with Crippen molar-refractivity contribution in [3.8, 4) is 0 Å². The van der Waals surface area contributed by atoms with Crippen molar-refractivity contribution in [2.45, 2.75) is 26.9 Å². The lowest BCUT2D eigenvalue weighted by atomic mass is 10.1. The maximum atomic E-state index is 12.8. The third kappa shape index (κ3) is 16.7. The number of esters is 2. The molecule has 0 saturated carbocycles. The molecular weight excluding hydrogens is 861 g/mol. The number of ketones is 2. The van der Waals surface area contributed by atoms with Gasteiger partial charge in [-0.05, 0) is 95.9 Å². The first-order valence-electron chi connectivity index (χ1n) is 12.8. The van der Waals surface area contributed by atoms with Crippen LogP contribution in [-0.2, 0) is 19.1 Å². The van der Waals surface area contributed by atoms with E-state index in [1.807, 2.05) is 47.7 Å². The minimum absolute atomic E-state index is 0.0683. The predicted molar refractivity (Wildman–Crippen MR) is 191 cm³/mol. The van der Waals surface area contributed by atoms with Crippen LogP contribution >= 0.6 is 81.4 Å². The van der Waals surface area contributed by atoms with Gasteiger partial charge in [-0.25, -0.2) is 8.78 Å². The molecule has 4 aromatic rings. The van der Waals surface area contributed by atoms with E-state index in [2.05, 4.69) is 22.1 Å². The molecule has 1 heterocycles. The summed E-state index contributed by atoms with van der Waals surface area (Å²) < 4.78 is 70.9. The van der Waals surface area contributed by atoms with E-state index in [1.165, 1.54) is 38.5 Å². The molecule has 0 unspecified atom stereocenters. The SMILES string of the molecule is CC(=O)c1sc2cc(Cl)ccc2c1C.COC(=O)CS.COC(C)=O.Fc1cc(Cl)ccc1I.O=C(c1ccc(Cl)cc1F)C(F)(F)F. The topological polar surface area (TPSA) is 86.7 Å². The van der Waals surface area contributed by atoms with E-state index < -0.39 is 23.3 Å². The Morgan fingerprint density at radius 1 is 0.833 bits per heavy atom. The van der Waals surface area contributed by atoms with Crippen LogP contribution in [0, 0.1) is 22.1 Å². The fraction of sp³-hybridized carbons (Fsp3) is 0.226. The first-order chi connectivity index (χ1) is 22.2. The Morgan fingerprint density at radius 2 is 1.31 bits per heavy atom. The van der Waals surface area contributed by atoms with Gasteiger partial charge in [-0.1, -0.05) is 40.9 Å². The number of carbonyl (C=O) groups is 4. The lowest BCUT2D eigenvalue weighted by Crippen LogP contribution is -2.23. The zero-order chi connectivity index (χ0) is 37.4. The second-order valence-electron chi connectivity index (χ2n) is 8.69. The standard InChI is InChI=1S/C11H9ClOS.C8H3ClF4O.C6H3ClFI.C3H6O2S.C3H6O2/c1-6-9-4-3-8(12)5-10(9)14-11(6)7(2)13;9-4-1-2-5(6(10)3-4)7(14)8(11,12)13;7-4-1-2-6(9)5(8)3-4;1-5-3(4)2-6;1-3(4)5-2/h3-5H,1-2H3;1-3H;1-3H;6H,2H2,1H3;1-2H3. The summed E-state index contributed by atoms with van der Waals surface area (Å²) in [6.45, 7) is 4.93. The first-order valence-corrected chi connectivity index (χ1v) is 16.4. The number of Topliss-reactive ketones (excluding diaryl/α,β-unsaturated/α-hetero) is 2. The zero-order valence-electron chi connectivity index (χ0n) is 25.6. The van der Waals surface area contributed by atoms with Gasteiger partial charge in [0, 0.05) is 30.3 Å². The number of ether oxygens (including phenoxy) is 2. The highest BCUT2D eigenvalue weighted by Gasteiger charge is 2.40. The average molecular weight is 888 g/mol. The molecule has 17 heteroatoms. The molecule has 0 aliphatic heterocycles. The van der Waals surface area contributed by atoms with Crippen molar-refractivity contribution in [3.05, 3.63) is 101 Å². The highest BCUT2D eigenvalue weighted by atomic mass is 127. The van der Waals surface area contributed by atoms with E-state index in [9.17, 15) is 41.1 Å². The van der Waals surface area contributed by atoms with Gasteiger partial charge in [-0.15, -0.1) is 11.3 Å². The molecule has 0 radical (unpaired) electrons. The first kappa shape index (κ1) is 45.5. The molecule has 0 bridgehead atoms. The third-order valence-electron chi connectivity index (χ3n) is 5.18. The van der Waals surface area contributed by atoms with Gasteiger partial charge >= 0.3 is 18.1 Å². The molecule has 1 aromatic heterocycles. The largest absolute Gasteiger partial charge is 0.469 e.